The highest BCUT2D eigenvalue weighted by Crippen LogP contribution is 2.45. The van der Waals surface area contributed by atoms with Crippen LogP contribution in [-0.2, 0) is 24.4 Å². The van der Waals surface area contributed by atoms with Gasteiger partial charge < -0.3 is 13.7 Å². The molecule has 2 atom stereocenters. The Balaban J connectivity index is 2.21. The quantitative estimate of drug-likeness (QED) is 0.317. The van der Waals surface area contributed by atoms with Gasteiger partial charge in [-0.1, -0.05) is 12.1 Å². The van der Waals surface area contributed by atoms with Crippen LogP contribution in [0.4, 0.5) is 18.0 Å². The maximum absolute atomic E-state index is 12.4. The zero-order valence-corrected chi connectivity index (χ0v) is 16.1. The van der Waals surface area contributed by atoms with Crippen molar-refractivity contribution in [3.8, 4) is 5.75 Å². The number of esters is 1. The Bertz CT molecular complexity index is 860. The fraction of sp³-hybridized carbons (Fsp3) is 0.500. The molecule has 0 bridgehead atoms. The normalized spacial score (nSPS) is 19.8. The lowest BCUT2D eigenvalue weighted by molar-refractivity contribution is -0.141. The smallest absolute Gasteiger partial charge is 0.467 e. The molecule has 0 saturated carbocycles. The molecule has 156 valence electrons. The molecule has 0 radical (unpaired) electrons. The largest absolute Gasteiger partial charge is 0.534 e. The second-order valence-electron chi connectivity index (χ2n) is 6.85. The zero-order valence-electron chi connectivity index (χ0n) is 15.3. The number of rotatable bonds is 4. The number of hydrogen-bond acceptors (Lipinski definition) is 7. The van der Waals surface area contributed by atoms with Gasteiger partial charge >= 0.3 is 27.7 Å². The van der Waals surface area contributed by atoms with Crippen LogP contribution in [0.1, 0.15) is 32.4 Å². The van der Waals surface area contributed by atoms with Gasteiger partial charge in [0.1, 0.15) is 11.4 Å². The monoisotopic (exact) mass is 425 g/mol. The standard InChI is InChI=1S/C16H18F3NO7S/c1-15(2,3)26-14(22)20-11(12(20)13(21)25-4)9-5-7-10(8-6-9)27-28(23,24)16(17,18)19/h5-8,11-12H,1-4H3/t11-,12+,20?/m1/s1. The Kier molecular flexibility index (Phi) is 5.57. The SMILES string of the molecule is COC(=O)[C@@H]1[C@@H](c2ccc(OS(=O)(=O)C(F)(F)F)cc2)N1C(=O)OC(C)(C)C. The predicted molar refractivity (Wildman–Crippen MR) is 88.7 cm³/mol. The molecule has 0 spiro atoms. The molecule has 1 aliphatic rings. The van der Waals surface area contributed by atoms with Crippen LogP contribution >= 0.6 is 0 Å². The summed E-state index contributed by atoms with van der Waals surface area (Å²) in [7, 11) is -4.66. The van der Waals surface area contributed by atoms with Gasteiger partial charge in [0.05, 0.1) is 13.2 Å². The molecule has 1 aliphatic heterocycles. The summed E-state index contributed by atoms with van der Waals surface area (Å²) in [5, 5.41) is 0. The fourth-order valence-electron chi connectivity index (χ4n) is 2.37. The molecule has 1 heterocycles. The van der Waals surface area contributed by atoms with Gasteiger partial charge in [-0.2, -0.15) is 21.6 Å². The molecule has 0 N–H and O–H groups in total. The van der Waals surface area contributed by atoms with E-state index in [9.17, 15) is 31.2 Å². The Morgan fingerprint density at radius 1 is 1.07 bits per heavy atom. The first kappa shape index (κ1) is 21.8. The highest BCUT2D eigenvalue weighted by atomic mass is 32.2. The van der Waals surface area contributed by atoms with E-state index in [2.05, 4.69) is 8.92 Å². The first-order valence-electron chi connectivity index (χ1n) is 7.88. The second-order valence-corrected chi connectivity index (χ2v) is 8.39. The van der Waals surface area contributed by atoms with Gasteiger partial charge in [0.25, 0.3) is 0 Å². The number of halogens is 3. The van der Waals surface area contributed by atoms with Crippen molar-refractivity contribution in [2.75, 3.05) is 7.11 Å². The molecule has 1 saturated heterocycles. The minimum atomic E-state index is -5.80. The van der Waals surface area contributed by atoms with E-state index < -0.39 is 51.1 Å². The summed E-state index contributed by atoms with van der Waals surface area (Å²) in [6.07, 6.45) is -0.770. The third-order valence-corrected chi connectivity index (χ3v) is 4.55. The molecule has 0 unspecified atom stereocenters. The third-order valence-electron chi connectivity index (χ3n) is 3.57. The molecule has 1 aromatic carbocycles. The topological polar surface area (TPSA) is 99.0 Å². The molecular weight excluding hydrogens is 407 g/mol. The van der Waals surface area contributed by atoms with Crippen molar-refractivity contribution < 1.29 is 44.8 Å². The number of methoxy groups -OCH3 is 1. The predicted octanol–water partition coefficient (Wildman–Crippen LogP) is 2.75. The number of carbonyl (C=O) groups is 2. The van der Waals surface area contributed by atoms with Crippen LogP contribution < -0.4 is 4.18 Å². The van der Waals surface area contributed by atoms with Crippen molar-refractivity contribution >= 4 is 22.2 Å². The first-order valence-corrected chi connectivity index (χ1v) is 9.28. The van der Waals surface area contributed by atoms with Crippen LogP contribution in [0.2, 0.25) is 0 Å². The molecule has 8 nitrogen and oxygen atoms in total. The molecule has 2 rings (SSSR count). The number of hydrogen-bond donors (Lipinski definition) is 0. The lowest BCUT2D eigenvalue weighted by Crippen LogP contribution is -2.29. The lowest BCUT2D eigenvalue weighted by Gasteiger charge is -2.20. The maximum atomic E-state index is 12.4. The Morgan fingerprint density at radius 2 is 1.61 bits per heavy atom. The Hall–Kier alpha value is -2.50. The number of alkyl halides is 3. The first-order chi connectivity index (χ1) is 12.7. The molecule has 1 amide bonds. The van der Waals surface area contributed by atoms with E-state index in [0.29, 0.717) is 5.56 Å². The summed E-state index contributed by atoms with van der Waals surface area (Å²) in [5.74, 6) is -1.27. The molecule has 1 aromatic rings. The average Bonchev–Trinajstić information content (AvgIpc) is 3.27. The summed E-state index contributed by atoms with van der Waals surface area (Å²) in [6, 6.07) is 2.72. The maximum Gasteiger partial charge on any atom is 0.534 e. The molecule has 0 aromatic heterocycles. The summed E-state index contributed by atoms with van der Waals surface area (Å²) < 4.78 is 73.0. The van der Waals surface area contributed by atoms with Gasteiger partial charge in [0.15, 0.2) is 6.04 Å². The van der Waals surface area contributed by atoms with Crippen LogP contribution in [0.15, 0.2) is 24.3 Å². The summed E-state index contributed by atoms with van der Waals surface area (Å²) >= 11 is 0. The van der Waals surface area contributed by atoms with Crippen molar-refractivity contribution in [3.63, 3.8) is 0 Å². The fourth-order valence-corrected chi connectivity index (χ4v) is 2.83. The number of nitrogens with zero attached hydrogens (tertiary/aromatic N) is 1. The number of ether oxygens (including phenoxy) is 2. The molecule has 1 fully saturated rings. The summed E-state index contributed by atoms with van der Waals surface area (Å²) in [6.45, 7) is 4.93. The van der Waals surface area contributed by atoms with E-state index in [-0.39, 0.29) is 0 Å². The van der Waals surface area contributed by atoms with E-state index in [1.54, 1.807) is 20.8 Å². The Morgan fingerprint density at radius 3 is 2.04 bits per heavy atom. The van der Waals surface area contributed by atoms with Gasteiger partial charge in [0.2, 0.25) is 0 Å². The minimum Gasteiger partial charge on any atom is -0.467 e. The van der Waals surface area contributed by atoms with E-state index in [0.717, 1.165) is 24.1 Å². The van der Waals surface area contributed by atoms with Crippen molar-refractivity contribution in [1.29, 1.82) is 0 Å². The third kappa shape index (κ3) is 4.66. The van der Waals surface area contributed by atoms with Gasteiger partial charge in [-0.15, -0.1) is 0 Å². The minimum absolute atomic E-state index is 0.359. The van der Waals surface area contributed by atoms with E-state index in [1.807, 2.05) is 0 Å². The van der Waals surface area contributed by atoms with Crippen molar-refractivity contribution in [2.24, 2.45) is 0 Å². The van der Waals surface area contributed by atoms with E-state index >= 15 is 0 Å². The molecule has 12 heteroatoms. The van der Waals surface area contributed by atoms with E-state index in [4.69, 9.17) is 4.74 Å². The lowest BCUT2D eigenvalue weighted by atomic mass is 10.1. The van der Waals surface area contributed by atoms with E-state index in [1.165, 1.54) is 12.1 Å². The molecular formula is C16H18F3NO7S. The summed E-state index contributed by atoms with van der Waals surface area (Å²) in [5.41, 5.74) is -6.02. The van der Waals surface area contributed by atoms with Gasteiger partial charge in [-0.05, 0) is 38.5 Å². The van der Waals surface area contributed by atoms with Crippen LogP contribution in [0.5, 0.6) is 5.75 Å². The number of carbonyl (C=O) groups excluding carboxylic acids is 2. The zero-order chi connectivity index (χ0) is 21.5. The second kappa shape index (κ2) is 7.15. The molecule has 28 heavy (non-hydrogen) atoms. The number of amides is 1. The van der Waals surface area contributed by atoms with Crippen LogP contribution in [0, 0.1) is 0 Å². The molecule has 0 aliphatic carbocycles. The van der Waals surface area contributed by atoms with Crippen molar-refractivity contribution in [2.45, 2.75) is 44.0 Å². The van der Waals surface area contributed by atoms with Crippen LogP contribution in [0.3, 0.4) is 0 Å². The highest BCUT2D eigenvalue weighted by Gasteiger charge is 2.58. The van der Waals surface area contributed by atoms with Gasteiger partial charge in [-0.25, -0.2) is 9.59 Å². The highest BCUT2D eigenvalue weighted by molar-refractivity contribution is 7.88. The summed E-state index contributed by atoms with van der Waals surface area (Å²) in [4.78, 5) is 25.3. The van der Waals surface area contributed by atoms with Crippen molar-refractivity contribution in [1.82, 2.24) is 4.90 Å². The van der Waals surface area contributed by atoms with Crippen LogP contribution in [-0.4, -0.2) is 49.6 Å². The van der Waals surface area contributed by atoms with Crippen molar-refractivity contribution in [3.05, 3.63) is 29.8 Å². The number of benzene rings is 1. The average molecular weight is 425 g/mol. The Labute approximate surface area is 159 Å². The van der Waals surface area contributed by atoms with Gasteiger partial charge in [0, 0.05) is 0 Å². The van der Waals surface area contributed by atoms with Crippen LogP contribution in [0.25, 0.3) is 0 Å². The van der Waals surface area contributed by atoms with Gasteiger partial charge in [-0.3, -0.25) is 4.90 Å².